The van der Waals surface area contributed by atoms with Gasteiger partial charge in [-0.05, 0) is 19.1 Å². The molecule has 0 N–H and O–H groups in total. The fraction of sp³-hybridized carbons (Fsp3) is 0.462. The second kappa shape index (κ2) is 4.38. The third-order valence-corrected chi connectivity index (χ3v) is 6.81. The lowest BCUT2D eigenvalue weighted by molar-refractivity contribution is 1.44. The monoisotopic (exact) mass is 249 g/mol. The lowest BCUT2D eigenvalue weighted by Crippen LogP contribution is -2.15. The molecule has 0 radical (unpaired) electrons. The number of nitrogens with zero attached hydrogens (tertiary/aromatic N) is 1. The summed E-state index contributed by atoms with van der Waals surface area (Å²) in [6.45, 7) is 9.32. The van der Waals surface area contributed by atoms with E-state index < -0.39 is 7.22 Å². The van der Waals surface area contributed by atoms with Crippen molar-refractivity contribution in [2.24, 2.45) is 4.99 Å². The minimum Gasteiger partial charge on any atom is -0.257 e. The number of benzene rings is 1. The van der Waals surface area contributed by atoms with E-state index in [0.717, 1.165) is 5.69 Å². The van der Waals surface area contributed by atoms with Gasteiger partial charge < -0.3 is 0 Å². The SMILES string of the molecule is Cc1ccc(/N=C2\CC2S[Si](C)(C)C)cc1. The zero-order chi connectivity index (χ0) is 11.8. The molecule has 0 spiro atoms. The van der Waals surface area contributed by atoms with Gasteiger partial charge >= 0.3 is 0 Å². The molecule has 0 bridgehead atoms. The summed E-state index contributed by atoms with van der Waals surface area (Å²) in [6.07, 6.45) is 1.20. The lowest BCUT2D eigenvalue weighted by Gasteiger charge is -2.13. The highest BCUT2D eigenvalue weighted by Crippen LogP contribution is 2.39. The van der Waals surface area contributed by atoms with Crippen molar-refractivity contribution >= 4 is 29.8 Å². The largest absolute Gasteiger partial charge is 0.257 e. The van der Waals surface area contributed by atoms with Crippen LogP contribution in [0.4, 0.5) is 5.69 Å². The molecule has 1 unspecified atom stereocenters. The molecular weight excluding hydrogens is 230 g/mol. The molecule has 86 valence electrons. The number of aryl methyl sites for hydroxylation is 1. The van der Waals surface area contributed by atoms with Gasteiger partial charge in [0.2, 0.25) is 0 Å². The molecule has 0 amide bonds. The number of hydrogen-bond donors (Lipinski definition) is 0. The van der Waals surface area contributed by atoms with Crippen LogP contribution in [0, 0.1) is 6.92 Å². The molecule has 0 heterocycles. The number of rotatable bonds is 3. The molecule has 1 aliphatic carbocycles. The van der Waals surface area contributed by atoms with Crippen LogP contribution >= 0.6 is 11.2 Å². The summed E-state index contributed by atoms with van der Waals surface area (Å²) in [5, 5.41) is 0.716. The Morgan fingerprint density at radius 3 is 2.38 bits per heavy atom. The Hall–Kier alpha value is -0.543. The number of hydrogen-bond acceptors (Lipinski definition) is 2. The van der Waals surface area contributed by atoms with Crippen molar-refractivity contribution in [3.8, 4) is 0 Å². The molecule has 2 rings (SSSR count). The normalized spacial score (nSPS) is 22.5. The summed E-state index contributed by atoms with van der Waals surface area (Å²) >= 11 is 2.16. The van der Waals surface area contributed by atoms with E-state index in [1.165, 1.54) is 17.7 Å². The Kier molecular flexibility index (Phi) is 3.26. The highest BCUT2D eigenvalue weighted by molar-refractivity contribution is 8.29. The van der Waals surface area contributed by atoms with Gasteiger partial charge in [-0.25, -0.2) is 0 Å². The fourth-order valence-corrected chi connectivity index (χ4v) is 6.09. The molecule has 1 fully saturated rings. The topological polar surface area (TPSA) is 12.4 Å². The highest BCUT2D eigenvalue weighted by atomic mass is 32.4. The first kappa shape index (κ1) is 11.9. The number of aliphatic imine (C=N–C) groups is 1. The van der Waals surface area contributed by atoms with Crippen LogP contribution < -0.4 is 0 Å². The average Bonchev–Trinajstić information content (AvgIpc) is 2.85. The maximum atomic E-state index is 4.70. The van der Waals surface area contributed by atoms with Crippen LogP contribution in [0.15, 0.2) is 29.3 Å². The van der Waals surface area contributed by atoms with Gasteiger partial charge in [0.25, 0.3) is 0 Å². The Bertz CT molecular complexity index is 403. The van der Waals surface area contributed by atoms with Crippen molar-refractivity contribution in [1.82, 2.24) is 0 Å². The van der Waals surface area contributed by atoms with E-state index in [-0.39, 0.29) is 0 Å². The molecule has 16 heavy (non-hydrogen) atoms. The van der Waals surface area contributed by atoms with E-state index in [4.69, 9.17) is 4.99 Å². The molecule has 1 aromatic rings. The zero-order valence-corrected chi connectivity index (χ0v) is 12.3. The van der Waals surface area contributed by atoms with Crippen molar-refractivity contribution in [3.05, 3.63) is 29.8 Å². The van der Waals surface area contributed by atoms with Gasteiger partial charge in [-0.1, -0.05) is 37.3 Å². The highest BCUT2D eigenvalue weighted by Gasteiger charge is 2.36. The Morgan fingerprint density at radius 1 is 1.19 bits per heavy atom. The molecule has 1 saturated carbocycles. The first-order valence-electron chi connectivity index (χ1n) is 5.76. The molecule has 1 aliphatic rings. The summed E-state index contributed by atoms with van der Waals surface area (Å²) in [7, 11) is -0.990. The molecule has 1 nitrogen and oxygen atoms in total. The third kappa shape index (κ3) is 3.49. The van der Waals surface area contributed by atoms with Crippen molar-refractivity contribution in [1.29, 1.82) is 0 Å². The van der Waals surface area contributed by atoms with Gasteiger partial charge in [-0.15, -0.1) is 0 Å². The molecule has 0 aromatic heterocycles. The minimum absolute atomic E-state index is 0.716. The van der Waals surface area contributed by atoms with Gasteiger partial charge in [-0.3, -0.25) is 4.99 Å². The molecule has 3 heteroatoms. The summed E-state index contributed by atoms with van der Waals surface area (Å²) in [5.41, 5.74) is 3.79. The van der Waals surface area contributed by atoms with Crippen molar-refractivity contribution in [3.63, 3.8) is 0 Å². The van der Waals surface area contributed by atoms with E-state index in [1.807, 2.05) is 0 Å². The molecule has 0 saturated heterocycles. The second-order valence-corrected chi connectivity index (χ2v) is 14.8. The van der Waals surface area contributed by atoms with Crippen LogP contribution in [-0.4, -0.2) is 18.2 Å². The van der Waals surface area contributed by atoms with Crippen LogP contribution in [0.3, 0.4) is 0 Å². The fourth-order valence-electron chi connectivity index (χ4n) is 1.57. The molecule has 0 aliphatic heterocycles. The van der Waals surface area contributed by atoms with E-state index in [2.05, 4.69) is 62.0 Å². The Morgan fingerprint density at radius 2 is 1.81 bits per heavy atom. The van der Waals surface area contributed by atoms with Gasteiger partial charge in [-0.2, -0.15) is 11.2 Å². The Labute approximate surface area is 103 Å². The van der Waals surface area contributed by atoms with E-state index in [9.17, 15) is 0 Å². The van der Waals surface area contributed by atoms with Crippen molar-refractivity contribution < 1.29 is 0 Å². The lowest BCUT2D eigenvalue weighted by atomic mass is 10.2. The minimum atomic E-state index is -0.990. The smallest absolute Gasteiger partial charge is 0.109 e. The van der Waals surface area contributed by atoms with Gasteiger partial charge in [0.15, 0.2) is 0 Å². The summed E-state index contributed by atoms with van der Waals surface area (Å²) < 4.78 is 0. The summed E-state index contributed by atoms with van der Waals surface area (Å²) in [4.78, 5) is 4.70. The van der Waals surface area contributed by atoms with Gasteiger partial charge in [0.05, 0.1) is 5.69 Å². The third-order valence-electron chi connectivity index (χ3n) is 2.41. The first-order chi connectivity index (χ1) is 7.44. The predicted molar refractivity (Wildman–Crippen MR) is 77.6 cm³/mol. The average molecular weight is 249 g/mol. The van der Waals surface area contributed by atoms with E-state index in [0.29, 0.717) is 5.25 Å². The van der Waals surface area contributed by atoms with Gasteiger partial charge in [0.1, 0.15) is 7.22 Å². The second-order valence-electron chi connectivity index (χ2n) is 5.36. The quantitative estimate of drug-likeness (QED) is 0.723. The molecule has 1 aromatic carbocycles. The summed E-state index contributed by atoms with van der Waals surface area (Å²) in [6, 6.07) is 8.47. The van der Waals surface area contributed by atoms with E-state index in [1.54, 1.807) is 0 Å². The van der Waals surface area contributed by atoms with Crippen LogP contribution in [0.2, 0.25) is 19.6 Å². The molecular formula is C13H19NSSi. The van der Waals surface area contributed by atoms with Crippen molar-refractivity contribution in [2.45, 2.75) is 38.2 Å². The maximum Gasteiger partial charge on any atom is 0.109 e. The first-order valence-corrected chi connectivity index (χ1v) is 10.9. The van der Waals surface area contributed by atoms with Crippen LogP contribution in [0.25, 0.3) is 0 Å². The van der Waals surface area contributed by atoms with Crippen LogP contribution in [-0.2, 0) is 0 Å². The Balaban J connectivity index is 1.98. The zero-order valence-electron chi connectivity index (χ0n) is 10.4. The maximum absolute atomic E-state index is 4.70. The van der Waals surface area contributed by atoms with Crippen LogP contribution in [0.1, 0.15) is 12.0 Å². The van der Waals surface area contributed by atoms with Crippen LogP contribution in [0.5, 0.6) is 0 Å². The summed E-state index contributed by atoms with van der Waals surface area (Å²) in [5.74, 6) is 0. The van der Waals surface area contributed by atoms with Crippen molar-refractivity contribution in [2.75, 3.05) is 0 Å². The molecule has 1 atom stereocenters. The van der Waals surface area contributed by atoms with Gasteiger partial charge in [0, 0.05) is 17.4 Å². The van der Waals surface area contributed by atoms with E-state index >= 15 is 0 Å². The standard InChI is InChI=1S/C13H19NSSi/c1-10-5-7-11(8-6-10)14-12-9-13(12)15-16(2,3)4/h5-8,13H,9H2,1-4H3/b14-12+. The predicted octanol–water partition coefficient (Wildman–Crippen LogP) is 4.41.